The molecule has 0 spiro atoms. The number of halogens is 1. The first-order valence-electron chi connectivity index (χ1n) is 9.10. The molecule has 4 heteroatoms. The van der Waals surface area contributed by atoms with E-state index in [4.69, 9.17) is 16.3 Å². The minimum Gasteiger partial charge on any atom is -0.354 e. The van der Waals surface area contributed by atoms with Crippen LogP contribution >= 0.6 is 11.6 Å². The molecule has 0 unspecified atom stereocenters. The van der Waals surface area contributed by atoms with Crippen molar-refractivity contribution in [1.82, 2.24) is 0 Å². The number of hydrogen-bond donors (Lipinski definition) is 0. The second kappa shape index (κ2) is 6.57. The maximum atomic E-state index is 13.1. The molecule has 0 amide bonds. The Labute approximate surface area is 165 Å². The third-order valence-electron chi connectivity index (χ3n) is 5.31. The van der Waals surface area contributed by atoms with E-state index in [-0.39, 0.29) is 11.6 Å². The van der Waals surface area contributed by atoms with E-state index in [0.717, 1.165) is 27.8 Å². The highest BCUT2D eigenvalue weighted by molar-refractivity contribution is 6.30. The van der Waals surface area contributed by atoms with Crippen LogP contribution in [0.3, 0.4) is 0 Å². The molecule has 0 saturated carbocycles. The van der Waals surface area contributed by atoms with Gasteiger partial charge in [0, 0.05) is 5.02 Å². The molecule has 1 aliphatic heterocycles. The van der Waals surface area contributed by atoms with Crippen molar-refractivity contribution in [3.8, 4) is 11.1 Å². The quantitative estimate of drug-likeness (QED) is 0.648. The van der Waals surface area contributed by atoms with E-state index in [9.17, 15) is 9.59 Å². The van der Waals surface area contributed by atoms with Gasteiger partial charge in [0.15, 0.2) is 11.6 Å². The van der Waals surface area contributed by atoms with E-state index in [1.807, 2.05) is 50.2 Å². The van der Waals surface area contributed by atoms with Gasteiger partial charge >= 0.3 is 0 Å². The fraction of sp³-hybridized carbons (Fsp3) is 0.391. The van der Waals surface area contributed by atoms with Gasteiger partial charge in [-0.15, -0.1) is 0 Å². The molecule has 1 heterocycles. The normalized spacial score (nSPS) is 19.4. The zero-order chi connectivity index (χ0) is 20.1. The monoisotopic (exact) mass is 384 g/mol. The maximum absolute atomic E-state index is 13.1. The molecular formula is C23H25ClO3. The lowest BCUT2D eigenvalue weighted by atomic mass is 9.73. The molecule has 1 aliphatic rings. The Balaban J connectivity index is 2.16. The summed E-state index contributed by atoms with van der Waals surface area (Å²) in [6.45, 7) is 10.9. The summed E-state index contributed by atoms with van der Waals surface area (Å²) in [5.74, 6) is -1.21. The van der Waals surface area contributed by atoms with Crippen molar-refractivity contribution < 1.29 is 14.3 Å². The van der Waals surface area contributed by atoms with Crippen LogP contribution in [0.25, 0.3) is 11.1 Å². The third kappa shape index (κ3) is 3.46. The molecule has 0 radical (unpaired) electrons. The number of rotatable bonds is 2. The van der Waals surface area contributed by atoms with Crippen LogP contribution in [0.2, 0.25) is 5.02 Å². The van der Waals surface area contributed by atoms with Gasteiger partial charge in [-0.1, -0.05) is 29.8 Å². The van der Waals surface area contributed by atoms with Crippen molar-refractivity contribution in [3.63, 3.8) is 0 Å². The van der Waals surface area contributed by atoms with Gasteiger partial charge in [-0.3, -0.25) is 9.59 Å². The van der Waals surface area contributed by atoms with Crippen molar-refractivity contribution in [2.45, 2.75) is 58.7 Å². The van der Waals surface area contributed by atoms with Gasteiger partial charge in [-0.25, -0.2) is 0 Å². The summed E-state index contributed by atoms with van der Waals surface area (Å²) in [6.07, 6.45) is 0. The van der Waals surface area contributed by atoms with E-state index in [1.54, 1.807) is 27.7 Å². The average molecular weight is 385 g/mol. The predicted octanol–water partition coefficient (Wildman–Crippen LogP) is 5.43. The molecule has 27 heavy (non-hydrogen) atoms. The Bertz CT molecular complexity index is 915. The molecule has 1 saturated heterocycles. The molecule has 2 aromatic rings. The second-order valence-electron chi connectivity index (χ2n) is 8.31. The van der Waals surface area contributed by atoms with E-state index in [1.165, 1.54) is 0 Å². The number of hydrogen-bond acceptors (Lipinski definition) is 3. The highest BCUT2D eigenvalue weighted by Crippen LogP contribution is 2.40. The Hall–Kier alpha value is -1.97. The van der Waals surface area contributed by atoms with Gasteiger partial charge in [-0.05, 0) is 87.6 Å². The number of Topliss-reactive ketones (excluding diaryl/α,β-unsaturated/α-hetero) is 2. The summed E-state index contributed by atoms with van der Waals surface area (Å²) in [5, 5.41) is 0.682. The molecular weight excluding hydrogens is 360 g/mol. The Morgan fingerprint density at radius 3 is 2.00 bits per heavy atom. The molecule has 0 atom stereocenters. The Morgan fingerprint density at radius 1 is 0.852 bits per heavy atom. The van der Waals surface area contributed by atoms with Gasteiger partial charge in [0.2, 0.25) is 0 Å². The number of carbonyl (C=O) groups excluding carboxylic acids is 2. The minimum absolute atomic E-state index is 0.195. The van der Waals surface area contributed by atoms with Crippen LogP contribution in [0.1, 0.15) is 50.3 Å². The first-order valence-corrected chi connectivity index (χ1v) is 9.48. The van der Waals surface area contributed by atoms with Crippen LogP contribution in [0, 0.1) is 13.8 Å². The molecule has 2 aromatic carbocycles. The number of benzene rings is 2. The van der Waals surface area contributed by atoms with Crippen LogP contribution in [0.4, 0.5) is 0 Å². The van der Waals surface area contributed by atoms with Crippen molar-refractivity contribution in [2.75, 3.05) is 0 Å². The topological polar surface area (TPSA) is 43.4 Å². The number of ether oxygens (including phenoxy) is 1. The molecule has 0 aromatic heterocycles. The Morgan fingerprint density at radius 2 is 1.44 bits per heavy atom. The molecule has 0 bridgehead atoms. The summed E-state index contributed by atoms with van der Waals surface area (Å²) in [5.41, 5.74) is 2.69. The predicted molar refractivity (Wildman–Crippen MR) is 108 cm³/mol. The van der Waals surface area contributed by atoms with Crippen molar-refractivity contribution in [2.24, 2.45) is 0 Å². The first-order chi connectivity index (χ1) is 12.4. The van der Waals surface area contributed by atoms with Crippen molar-refractivity contribution in [3.05, 3.63) is 58.1 Å². The van der Waals surface area contributed by atoms with Crippen LogP contribution in [0.15, 0.2) is 36.4 Å². The first kappa shape index (κ1) is 19.8. The van der Waals surface area contributed by atoms with E-state index >= 15 is 0 Å². The average Bonchev–Trinajstić information content (AvgIpc) is 2.55. The molecule has 142 valence electrons. The Kier molecular flexibility index (Phi) is 4.82. The lowest BCUT2D eigenvalue weighted by molar-refractivity contribution is -0.184. The van der Waals surface area contributed by atoms with Crippen LogP contribution in [0.5, 0.6) is 0 Å². The maximum Gasteiger partial charge on any atom is 0.179 e. The summed E-state index contributed by atoms with van der Waals surface area (Å²) in [6, 6.07) is 11.7. The highest BCUT2D eigenvalue weighted by Gasteiger charge is 2.53. The molecule has 3 nitrogen and oxygen atoms in total. The lowest BCUT2D eigenvalue weighted by Crippen LogP contribution is -2.58. The van der Waals surface area contributed by atoms with Crippen molar-refractivity contribution in [1.29, 1.82) is 0 Å². The number of aryl methyl sites for hydroxylation is 2. The summed E-state index contributed by atoms with van der Waals surface area (Å²) in [4.78, 5) is 26.2. The SMILES string of the molecule is Cc1cc(Cl)ccc1-c1ccc(C)c(C2C(=O)C(C)(C)OC(C)(C)C2=O)c1. The van der Waals surface area contributed by atoms with Crippen LogP contribution in [-0.2, 0) is 14.3 Å². The number of ketones is 2. The summed E-state index contributed by atoms with van der Waals surface area (Å²) >= 11 is 6.08. The fourth-order valence-electron chi connectivity index (χ4n) is 3.91. The van der Waals surface area contributed by atoms with E-state index < -0.39 is 17.1 Å². The van der Waals surface area contributed by atoms with Crippen molar-refractivity contribution >= 4 is 23.2 Å². The van der Waals surface area contributed by atoms with Crippen LogP contribution < -0.4 is 0 Å². The van der Waals surface area contributed by atoms with Gasteiger partial charge in [0.1, 0.15) is 17.1 Å². The fourth-order valence-corrected chi connectivity index (χ4v) is 4.13. The molecule has 0 N–H and O–H groups in total. The molecule has 0 aliphatic carbocycles. The minimum atomic E-state index is -1.01. The smallest absolute Gasteiger partial charge is 0.179 e. The van der Waals surface area contributed by atoms with Crippen LogP contribution in [-0.4, -0.2) is 22.8 Å². The summed E-state index contributed by atoms with van der Waals surface area (Å²) in [7, 11) is 0. The zero-order valence-corrected chi connectivity index (χ0v) is 17.4. The van der Waals surface area contributed by atoms with Gasteiger partial charge in [-0.2, -0.15) is 0 Å². The van der Waals surface area contributed by atoms with E-state index in [0.29, 0.717) is 5.02 Å². The highest BCUT2D eigenvalue weighted by atomic mass is 35.5. The lowest BCUT2D eigenvalue weighted by Gasteiger charge is -2.43. The second-order valence-corrected chi connectivity index (χ2v) is 8.75. The van der Waals surface area contributed by atoms with Gasteiger partial charge in [0.25, 0.3) is 0 Å². The third-order valence-corrected chi connectivity index (χ3v) is 5.55. The molecule has 3 rings (SSSR count). The van der Waals surface area contributed by atoms with Gasteiger partial charge < -0.3 is 4.74 Å². The summed E-state index contributed by atoms with van der Waals surface area (Å²) < 4.78 is 5.81. The molecule has 1 fully saturated rings. The number of carbonyl (C=O) groups is 2. The van der Waals surface area contributed by atoms with Gasteiger partial charge in [0.05, 0.1) is 0 Å². The zero-order valence-electron chi connectivity index (χ0n) is 16.6. The largest absolute Gasteiger partial charge is 0.354 e. The standard InChI is InChI=1S/C23H25ClO3/c1-13-7-8-15(17-10-9-16(24)11-14(17)2)12-18(13)19-20(25)22(3,4)27-23(5,6)21(19)26/h7-12,19H,1-6H3. The van der Waals surface area contributed by atoms with E-state index in [2.05, 4.69) is 0 Å².